The van der Waals surface area contributed by atoms with E-state index in [4.69, 9.17) is 4.74 Å². The lowest BCUT2D eigenvalue weighted by Gasteiger charge is -2.30. The lowest BCUT2D eigenvalue weighted by molar-refractivity contribution is -0.141. The molecule has 2 aliphatic rings. The number of likely N-dealkylation sites (tertiary alicyclic amines) is 1. The van der Waals surface area contributed by atoms with Gasteiger partial charge >= 0.3 is 5.97 Å². The highest BCUT2D eigenvalue weighted by atomic mass is 32.1. The Kier molecular flexibility index (Phi) is 5.41. The van der Waals surface area contributed by atoms with Gasteiger partial charge in [-0.05, 0) is 49.8 Å². The summed E-state index contributed by atoms with van der Waals surface area (Å²) in [6.45, 7) is 1.64. The van der Waals surface area contributed by atoms with E-state index in [0.717, 1.165) is 35.5 Å². The average Bonchev–Trinajstić information content (AvgIpc) is 3.24. The molecule has 0 unspecified atom stereocenters. The second kappa shape index (κ2) is 7.94. The van der Waals surface area contributed by atoms with E-state index in [1.54, 1.807) is 16.8 Å². The maximum absolute atomic E-state index is 12.6. The first-order valence-electron chi connectivity index (χ1n) is 9.58. The Hall–Kier alpha value is -1.99. The number of esters is 1. The molecule has 7 heteroatoms. The molecule has 2 fully saturated rings. The van der Waals surface area contributed by atoms with Crippen LogP contribution in [0.4, 0.5) is 0 Å². The number of carbonyl (C=O) groups is 2. The summed E-state index contributed by atoms with van der Waals surface area (Å²) in [5, 5.41) is 3.10. The van der Waals surface area contributed by atoms with Crippen molar-refractivity contribution in [1.29, 1.82) is 0 Å². The predicted molar refractivity (Wildman–Crippen MR) is 105 cm³/mol. The fourth-order valence-electron chi connectivity index (χ4n) is 3.93. The molecule has 1 N–H and O–H groups in total. The molecular formula is C20H25N3O3S. The van der Waals surface area contributed by atoms with E-state index in [2.05, 4.69) is 15.2 Å². The summed E-state index contributed by atoms with van der Waals surface area (Å²) in [4.78, 5) is 31.0. The number of thiazole rings is 1. The van der Waals surface area contributed by atoms with Gasteiger partial charge in [0.25, 0.3) is 5.91 Å². The molecule has 4 rings (SSSR count). The third-order valence-electron chi connectivity index (χ3n) is 5.66. The summed E-state index contributed by atoms with van der Waals surface area (Å²) in [6.07, 6.45) is 4.97. The van der Waals surface area contributed by atoms with Crippen LogP contribution in [0.25, 0.3) is 10.2 Å². The van der Waals surface area contributed by atoms with Crippen molar-refractivity contribution in [3.8, 4) is 0 Å². The Labute approximate surface area is 162 Å². The number of nitrogens with one attached hydrogen (secondary N) is 1. The maximum atomic E-state index is 12.6. The molecule has 2 heterocycles. The van der Waals surface area contributed by atoms with Gasteiger partial charge in [-0.2, -0.15) is 0 Å². The molecule has 1 saturated heterocycles. The van der Waals surface area contributed by atoms with Crippen molar-refractivity contribution in [2.75, 3.05) is 20.2 Å². The molecule has 0 spiro atoms. The van der Waals surface area contributed by atoms with Gasteiger partial charge in [0.2, 0.25) is 0 Å². The van der Waals surface area contributed by atoms with Crippen LogP contribution in [0, 0.1) is 5.92 Å². The minimum absolute atomic E-state index is 0.0481. The van der Waals surface area contributed by atoms with Crippen LogP contribution < -0.4 is 5.32 Å². The molecule has 0 bridgehead atoms. The van der Waals surface area contributed by atoms with E-state index in [-0.39, 0.29) is 24.0 Å². The lowest BCUT2D eigenvalue weighted by atomic mass is 10.1. The van der Waals surface area contributed by atoms with Gasteiger partial charge in [0.05, 0.1) is 29.3 Å². The van der Waals surface area contributed by atoms with Gasteiger partial charge in [-0.25, -0.2) is 4.98 Å². The number of ether oxygens (including phenoxy) is 1. The van der Waals surface area contributed by atoms with Crippen molar-refractivity contribution >= 4 is 33.4 Å². The van der Waals surface area contributed by atoms with Gasteiger partial charge in [0.1, 0.15) is 0 Å². The summed E-state index contributed by atoms with van der Waals surface area (Å²) in [7, 11) is 1.44. The summed E-state index contributed by atoms with van der Waals surface area (Å²) in [6, 6.07) is 6.14. The van der Waals surface area contributed by atoms with E-state index < -0.39 is 0 Å². The van der Waals surface area contributed by atoms with Crippen molar-refractivity contribution in [3.05, 3.63) is 29.3 Å². The zero-order valence-corrected chi connectivity index (χ0v) is 16.3. The Morgan fingerprint density at radius 1 is 1.26 bits per heavy atom. The highest BCUT2D eigenvalue weighted by Crippen LogP contribution is 2.35. The molecule has 144 valence electrons. The first-order valence-corrected chi connectivity index (χ1v) is 10.5. The van der Waals surface area contributed by atoms with Crippen LogP contribution >= 0.6 is 11.3 Å². The summed E-state index contributed by atoms with van der Waals surface area (Å²) in [5.41, 5.74) is 3.39. The number of fused-ring (bicyclic) bond motifs is 1. The zero-order chi connectivity index (χ0) is 18.8. The first-order chi connectivity index (χ1) is 13.1. The standard InChI is InChI=1S/C20H25N3O3S/c1-26-19(24)9-15-5-6-16(23(15)11-13-2-3-13)10-21-20(25)14-4-7-17-18(8-14)27-12-22-17/h4,7-8,12-13,15-16H,2-3,5-6,9-11H2,1H3,(H,21,25)/t15-,16+/m1/s1. The van der Waals surface area contributed by atoms with Crippen LogP contribution in [-0.2, 0) is 9.53 Å². The van der Waals surface area contributed by atoms with Crippen molar-refractivity contribution in [3.63, 3.8) is 0 Å². The number of methoxy groups -OCH3 is 1. The van der Waals surface area contributed by atoms with Gasteiger partial charge in [0, 0.05) is 30.7 Å². The number of amides is 1. The molecule has 2 aromatic rings. The second-order valence-corrected chi connectivity index (χ2v) is 8.44. The summed E-state index contributed by atoms with van der Waals surface area (Å²) < 4.78 is 5.89. The fraction of sp³-hybridized carbons (Fsp3) is 0.550. The van der Waals surface area contributed by atoms with Crippen LogP contribution in [0.1, 0.15) is 42.5 Å². The normalized spacial score (nSPS) is 22.9. The Balaban J connectivity index is 1.38. The molecular weight excluding hydrogens is 362 g/mol. The summed E-state index contributed by atoms with van der Waals surface area (Å²) in [5.74, 6) is 0.548. The van der Waals surface area contributed by atoms with Crippen LogP contribution in [0.3, 0.4) is 0 Å². The van der Waals surface area contributed by atoms with E-state index in [9.17, 15) is 9.59 Å². The minimum Gasteiger partial charge on any atom is -0.469 e. The summed E-state index contributed by atoms with van der Waals surface area (Å²) >= 11 is 1.54. The monoisotopic (exact) mass is 387 g/mol. The molecule has 1 amide bonds. The van der Waals surface area contributed by atoms with Crippen LogP contribution in [0.2, 0.25) is 0 Å². The average molecular weight is 388 g/mol. The Morgan fingerprint density at radius 3 is 2.85 bits per heavy atom. The largest absolute Gasteiger partial charge is 0.469 e. The van der Waals surface area contributed by atoms with Crippen molar-refractivity contribution in [2.24, 2.45) is 5.92 Å². The van der Waals surface area contributed by atoms with Gasteiger partial charge in [-0.15, -0.1) is 11.3 Å². The number of hydrogen-bond acceptors (Lipinski definition) is 6. The predicted octanol–water partition coefficient (Wildman–Crippen LogP) is 2.83. The molecule has 1 aromatic heterocycles. The van der Waals surface area contributed by atoms with E-state index in [1.807, 2.05) is 18.2 Å². The second-order valence-electron chi connectivity index (χ2n) is 7.55. The van der Waals surface area contributed by atoms with Gasteiger partial charge in [-0.3, -0.25) is 14.5 Å². The number of carbonyl (C=O) groups excluding carboxylic acids is 2. The van der Waals surface area contributed by atoms with Crippen molar-refractivity contribution in [1.82, 2.24) is 15.2 Å². The third kappa shape index (κ3) is 4.30. The SMILES string of the molecule is COC(=O)C[C@H]1CC[C@@H](CNC(=O)c2ccc3ncsc3c2)N1CC1CC1. The zero-order valence-electron chi connectivity index (χ0n) is 15.5. The maximum Gasteiger partial charge on any atom is 0.307 e. The topological polar surface area (TPSA) is 71.5 Å². The number of benzene rings is 1. The number of aromatic nitrogens is 1. The fourth-order valence-corrected chi connectivity index (χ4v) is 4.65. The molecule has 1 aromatic carbocycles. The molecule has 1 saturated carbocycles. The number of nitrogens with zero attached hydrogens (tertiary/aromatic N) is 2. The van der Waals surface area contributed by atoms with Crippen molar-refractivity contribution < 1.29 is 14.3 Å². The van der Waals surface area contributed by atoms with Gasteiger partial charge < -0.3 is 10.1 Å². The minimum atomic E-state index is -0.150. The molecule has 1 aliphatic carbocycles. The van der Waals surface area contributed by atoms with E-state index in [1.165, 1.54) is 20.0 Å². The molecule has 1 aliphatic heterocycles. The third-order valence-corrected chi connectivity index (χ3v) is 6.45. The number of rotatable bonds is 7. The smallest absolute Gasteiger partial charge is 0.307 e. The van der Waals surface area contributed by atoms with Crippen molar-refractivity contribution in [2.45, 2.75) is 44.2 Å². The number of hydrogen-bond donors (Lipinski definition) is 1. The van der Waals surface area contributed by atoms with Gasteiger partial charge in [-0.1, -0.05) is 0 Å². The van der Waals surface area contributed by atoms with E-state index >= 15 is 0 Å². The highest BCUT2D eigenvalue weighted by Gasteiger charge is 2.38. The first kappa shape index (κ1) is 18.4. The molecule has 2 atom stereocenters. The quantitative estimate of drug-likeness (QED) is 0.740. The molecule has 0 radical (unpaired) electrons. The molecule has 27 heavy (non-hydrogen) atoms. The Bertz CT molecular complexity index is 833. The van der Waals surface area contributed by atoms with Gasteiger partial charge in [0.15, 0.2) is 0 Å². The Morgan fingerprint density at radius 2 is 2.07 bits per heavy atom. The van der Waals surface area contributed by atoms with Crippen LogP contribution in [0.5, 0.6) is 0 Å². The molecule has 6 nitrogen and oxygen atoms in total. The highest BCUT2D eigenvalue weighted by molar-refractivity contribution is 7.16. The van der Waals surface area contributed by atoms with Crippen LogP contribution in [0.15, 0.2) is 23.7 Å². The van der Waals surface area contributed by atoms with E-state index in [0.29, 0.717) is 18.5 Å². The lowest BCUT2D eigenvalue weighted by Crippen LogP contribution is -2.44. The van der Waals surface area contributed by atoms with Crippen LogP contribution in [-0.4, -0.2) is 54.0 Å².